The average molecular weight is 219 g/mol. The second-order valence-electron chi connectivity index (χ2n) is 4.29. The summed E-state index contributed by atoms with van der Waals surface area (Å²) in [6, 6.07) is 3.74. The molecule has 2 aromatic rings. The number of imidazole rings is 1. The van der Waals surface area contributed by atoms with Crippen molar-refractivity contribution in [2.24, 2.45) is 5.73 Å². The number of H-pyrrole nitrogens is 1. The van der Waals surface area contributed by atoms with Crippen LogP contribution in [0.4, 0.5) is 0 Å². The standard InChI is InChI=1S/C12H17N3O/c1-3-6-12(2,13)11-14-8-9(15-11)10-5-4-7-16-10/h4-5,7-8H,3,6,13H2,1-2H3,(H,14,15). The molecule has 0 spiro atoms. The first-order valence-corrected chi connectivity index (χ1v) is 5.51. The molecule has 2 heterocycles. The van der Waals surface area contributed by atoms with Crippen LogP contribution >= 0.6 is 0 Å². The van der Waals surface area contributed by atoms with Crippen molar-refractivity contribution < 1.29 is 4.42 Å². The summed E-state index contributed by atoms with van der Waals surface area (Å²) in [5.74, 6) is 1.59. The van der Waals surface area contributed by atoms with Gasteiger partial charge in [0.1, 0.15) is 11.5 Å². The minimum absolute atomic E-state index is 0.403. The zero-order chi connectivity index (χ0) is 11.6. The second-order valence-corrected chi connectivity index (χ2v) is 4.29. The molecule has 0 aliphatic carbocycles. The number of aromatic amines is 1. The molecule has 0 saturated carbocycles. The van der Waals surface area contributed by atoms with Crippen molar-refractivity contribution in [3.8, 4) is 11.5 Å². The van der Waals surface area contributed by atoms with E-state index < -0.39 is 5.54 Å². The van der Waals surface area contributed by atoms with E-state index in [0.29, 0.717) is 0 Å². The van der Waals surface area contributed by atoms with E-state index in [9.17, 15) is 0 Å². The van der Waals surface area contributed by atoms with Crippen LogP contribution in [-0.4, -0.2) is 9.97 Å². The van der Waals surface area contributed by atoms with Crippen LogP contribution in [0.5, 0.6) is 0 Å². The van der Waals surface area contributed by atoms with E-state index in [-0.39, 0.29) is 0 Å². The summed E-state index contributed by atoms with van der Waals surface area (Å²) in [5, 5.41) is 0. The Morgan fingerprint density at radius 2 is 2.38 bits per heavy atom. The minimum atomic E-state index is -0.403. The first-order valence-electron chi connectivity index (χ1n) is 5.51. The molecule has 2 rings (SSSR count). The third-order valence-electron chi connectivity index (χ3n) is 2.67. The van der Waals surface area contributed by atoms with Crippen molar-refractivity contribution in [1.82, 2.24) is 9.97 Å². The fraction of sp³-hybridized carbons (Fsp3) is 0.417. The number of hydrogen-bond donors (Lipinski definition) is 2. The van der Waals surface area contributed by atoms with Crippen LogP contribution in [-0.2, 0) is 5.54 Å². The van der Waals surface area contributed by atoms with Gasteiger partial charge in [-0.3, -0.25) is 0 Å². The Morgan fingerprint density at radius 1 is 1.56 bits per heavy atom. The van der Waals surface area contributed by atoms with Gasteiger partial charge >= 0.3 is 0 Å². The Balaban J connectivity index is 2.26. The van der Waals surface area contributed by atoms with Gasteiger partial charge in [-0.05, 0) is 25.5 Å². The Kier molecular flexibility index (Phi) is 2.83. The first kappa shape index (κ1) is 11.0. The van der Waals surface area contributed by atoms with Crippen LogP contribution in [0.15, 0.2) is 29.0 Å². The lowest BCUT2D eigenvalue weighted by Crippen LogP contribution is -2.34. The summed E-state index contributed by atoms with van der Waals surface area (Å²) < 4.78 is 5.29. The van der Waals surface area contributed by atoms with Gasteiger partial charge in [0.25, 0.3) is 0 Å². The molecule has 4 nitrogen and oxygen atoms in total. The lowest BCUT2D eigenvalue weighted by Gasteiger charge is -2.20. The highest BCUT2D eigenvalue weighted by molar-refractivity contribution is 5.50. The highest BCUT2D eigenvalue weighted by atomic mass is 16.3. The molecule has 4 heteroatoms. The number of hydrogen-bond acceptors (Lipinski definition) is 3. The van der Waals surface area contributed by atoms with Gasteiger partial charge in [-0.1, -0.05) is 13.3 Å². The van der Waals surface area contributed by atoms with Crippen LogP contribution in [0.1, 0.15) is 32.5 Å². The number of nitrogens with one attached hydrogen (secondary N) is 1. The quantitative estimate of drug-likeness (QED) is 0.830. The lowest BCUT2D eigenvalue weighted by molar-refractivity contribution is 0.423. The van der Waals surface area contributed by atoms with Crippen LogP contribution in [0.3, 0.4) is 0 Å². The summed E-state index contributed by atoms with van der Waals surface area (Å²) in [6.07, 6.45) is 5.33. The Hall–Kier alpha value is -1.55. The van der Waals surface area contributed by atoms with Gasteiger partial charge in [-0.15, -0.1) is 0 Å². The molecule has 16 heavy (non-hydrogen) atoms. The Bertz CT molecular complexity index is 443. The van der Waals surface area contributed by atoms with E-state index in [1.54, 1.807) is 12.5 Å². The number of aromatic nitrogens is 2. The number of nitrogens with two attached hydrogens (primary N) is 1. The van der Waals surface area contributed by atoms with Gasteiger partial charge < -0.3 is 15.1 Å². The zero-order valence-electron chi connectivity index (χ0n) is 9.66. The predicted octanol–water partition coefficient (Wildman–Crippen LogP) is 2.64. The van der Waals surface area contributed by atoms with Crippen molar-refractivity contribution in [1.29, 1.82) is 0 Å². The summed E-state index contributed by atoms with van der Waals surface area (Å²) in [4.78, 5) is 7.53. The normalized spacial score (nSPS) is 14.9. The van der Waals surface area contributed by atoms with E-state index in [1.165, 1.54) is 0 Å². The van der Waals surface area contributed by atoms with E-state index in [0.717, 1.165) is 30.1 Å². The highest BCUT2D eigenvalue weighted by Crippen LogP contribution is 2.24. The molecule has 0 fully saturated rings. The van der Waals surface area contributed by atoms with Crippen molar-refractivity contribution in [2.75, 3.05) is 0 Å². The van der Waals surface area contributed by atoms with E-state index in [2.05, 4.69) is 16.9 Å². The summed E-state index contributed by atoms with van der Waals surface area (Å²) in [7, 11) is 0. The molecule has 0 saturated heterocycles. The second kappa shape index (κ2) is 4.14. The fourth-order valence-corrected chi connectivity index (χ4v) is 1.81. The monoisotopic (exact) mass is 219 g/mol. The van der Waals surface area contributed by atoms with Crippen molar-refractivity contribution in [3.05, 3.63) is 30.4 Å². The Morgan fingerprint density at radius 3 is 3.00 bits per heavy atom. The summed E-state index contributed by atoms with van der Waals surface area (Å²) >= 11 is 0. The zero-order valence-corrected chi connectivity index (χ0v) is 9.66. The van der Waals surface area contributed by atoms with Gasteiger partial charge in [0, 0.05) is 0 Å². The first-order chi connectivity index (χ1) is 7.63. The maximum Gasteiger partial charge on any atom is 0.151 e. The molecule has 0 amide bonds. The van der Waals surface area contributed by atoms with Crippen LogP contribution < -0.4 is 5.73 Å². The maximum absolute atomic E-state index is 6.19. The van der Waals surface area contributed by atoms with Crippen LogP contribution in [0.2, 0.25) is 0 Å². The molecule has 3 N–H and O–H groups in total. The van der Waals surface area contributed by atoms with Gasteiger partial charge in [-0.2, -0.15) is 0 Å². The van der Waals surface area contributed by atoms with Gasteiger partial charge in [-0.25, -0.2) is 4.98 Å². The smallest absolute Gasteiger partial charge is 0.151 e. The topological polar surface area (TPSA) is 67.8 Å². The Labute approximate surface area is 94.9 Å². The minimum Gasteiger partial charge on any atom is -0.463 e. The van der Waals surface area contributed by atoms with Crippen molar-refractivity contribution >= 4 is 0 Å². The lowest BCUT2D eigenvalue weighted by atomic mass is 9.97. The molecule has 0 aliphatic rings. The molecule has 2 aromatic heterocycles. The molecule has 0 bridgehead atoms. The van der Waals surface area contributed by atoms with Gasteiger partial charge in [0.2, 0.25) is 0 Å². The molecular weight excluding hydrogens is 202 g/mol. The average Bonchev–Trinajstić information content (AvgIpc) is 2.89. The summed E-state index contributed by atoms with van der Waals surface area (Å²) in [6.45, 7) is 4.10. The van der Waals surface area contributed by atoms with Crippen molar-refractivity contribution in [3.63, 3.8) is 0 Å². The molecule has 0 radical (unpaired) electrons. The summed E-state index contributed by atoms with van der Waals surface area (Å²) in [5.41, 5.74) is 6.66. The third-order valence-corrected chi connectivity index (χ3v) is 2.67. The number of rotatable bonds is 4. The van der Waals surface area contributed by atoms with E-state index >= 15 is 0 Å². The van der Waals surface area contributed by atoms with Crippen molar-refractivity contribution in [2.45, 2.75) is 32.2 Å². The predicted molar refractivity (Wildman–Crippen MR) is 62.7 cm³/mol. The van der Waals surface area contributed by atoms with Crippen LogP contribution in [0.25, 0.3) is 11.5 Å². The largest absolute Gasteiger partial charge is 0.463 e. The molecule has 0 aromatic carbocycles. The maximum atomic E-state index is 6.19. The van der Waals surface area contributed by atoms with E-state index in [4.69, 9.17) is 10.2 Å². The third kappa shape index (κ3) is 2.02. The fourth-order valence-electron chi connectivity index (χ4n) is 1.81. The molecular formula is C12H17N3O. The number of furan rings is 1. The van der Waals surface area contributed by atoms with Gasteiger partial charge in [0.15, 0.2) is 5.76 Å². The van der Waals surface area contributed by atoms with Gasteiger partial charge in [0.05, 0.1) is 18.0 Å². The molecule has 86 valence electrons. The molecule has 1 atom stereocenters. The molecule has 0 aliphatic heterocycles. The SMILES string of the molecule is CCCC(C)(N)c1ncc(-c2ccco2)[nH]1. The highest BCUT2D eigenvalue weighted by Gasteiger charge is 2.23. The number of nitrogens with zero attached hydrogens (tertiary/aromatic N) is 1. The molecule has 1 unspecified atom stereocenters. The van der Waals surface area contributed by atoms with E-state index in [1.807, 2.05) is 19.1 Å². The van der Waals surface area contributed by atoms with Crippen LogP contribution in [0, 0.1) is 0 Å².